The predicted molar refractivity (Wildman–Crippen MR) is 94.4 cm³/mol. The lowest BCUT2D eigenvalue weighted by atomic mass is 9.91. The topological polar surface area (TPSA) is 132 Å². The lowest BCUT2D eigenvalue weighted by Crippen LogP contribution is -2.48. The summed E-state index contributed by atoms with van der Waals surface area (Å²) in [5, 5.41) is 7.01. The van der Waals surface area contributed by atoms with Gasteiger partial charge in [0.25, 0.3) is 5.88 Å². The minimum Gasteiger partial charge on any atom is -0.432 e. The largest absolute Gasteiger partial charge is 0.432 e. The summed E-state index contributed by atoms with van der Waals surface area (Å²) in [5.74, 6) is 1.56. The molecule has 9 heteroatoms. The van der Waals surface area contributed by atoms with E-state index in [0.29, 0.717) is 28.5 Å². The summed E-state index contributed by atoms with van der Waals surface area (Å²) in [6.45, 7) is 3.80. The van der Waals surface area contributed by atoms with Gasteiger partial charge in [0.1, 0.15) is 5.82 Å². The number of hydrogen-bond acceptors (Lipinski definition) is 8. The summed E-state index contributed by atoms with van der Waals surface area (Å²) in [6.07, 6.45) is 6.71. The number of nitrogens with one attached hydrogen (secondary N) is 1. The third-order valence-electron chi connectivity index (χ3n) is 4.48. The number of nitrogen functional groups attached to an aromatic ring is 1. The van der Waals surface area contributed by atoms with Crippen LogP contribution in [0.1, 0.15) is 19.8 Å². The highest BCUT2D eigenvalue weighted by Crippen LogP contribution is 2.30. The lowest BCUT2D eigenvalue weighted by Gasteiger charge is -2.37. The third-order valence-corrected chi connectivity index (χ3v) is 4.48. The number of ether oxygens (including phenoxy) is 1. The molecule has 1 aliphatic heterocycles. The van der Waals surface area contributed by atoms with Crippen molar-refractivity contribution < 1.29 is 4.74 Å². The summed E-state index contributed by atoms with van der Waals surface area (Å²) in [6, 6.07) is 1.66. The molecule has 0 unspecified atom stereocenters. The second-order valence-electron chi connectivity index (χ2n) is 6.61. The van der Waals surface area contributed by atoms with E-state index in [0.717, 1.165) is 31.7 Å². The number of anilines is 2. The first kappa shape index (κ1) is 15.6. The molecule has 25 heavy (non-hydrogen) atoms. The molecule has 0 amide bonds. The van der Waals surface area contributed by atoms with Crippen molar-refractivity contribution in [2.75, 3.05) is 23.7 Å². The number of aromatic amines is 1. The number of piperidine rings is 1. The average molecular weight is 340 g/mol. The van der Waals surface area contributed by atoms with Crippen LogP contribution in [0.2, 0.25) is 0 Å². The molecular weight excluding hydrogens is 320 g/mol. The second-order valence-corrected chi connectivity index (χ2v) is 6.61. The fourth-order valence-corrected chi connectivity index (χ4v) is 2.82. The van der Waals surface area contributed by atoms with Crippen molar-refractivity contribution in [3.05, 3.63) is 24.7 Å². The monoisotopic (exact) mass is 340 g/mol. The van der Waals surface area contributed by atoms with Gasteiger partial charge in [0.2, 0.25) is 0 Å². The highest BCUT2D eigenvalue weighted by molar-refractivity contribution is 5.77. The molecule has 4 heterocycles. The summed E-state index contributed by atoms with van der Waals surface area (Å²) in [5.41, 5.74) is 13.5. The van der Waals surface area contributed by atoms with E-state index in [9.17, 15) is 0 Å². The maximum Gasteiger partial charge on any atom is 0.266 e. The van der Waals surface area contributed by atoms with Crippen LogP contribution in [0.25, 0.3) is 11.2 Å². The Morgan fingerprint density at radius 1 is 1.28 bits per heavy atom. The van der Waals surface area contributed by atoms with Gasteiger partial charge in [-0.05, 0) is 25.8 Å². The number of H-pyrrole nitrogens is 1. The van der Waals surface area contributed by atoms with Crippen LogP contribution in [0.4, 0.5) is 11.5 Å². The Morgan fingerprint density at radius 2 is 2.08 bits per heavy atom. The number of fused-ring (bicyclic) bond motifs is 1. The van der Waals surface area contributed by atoms with Gasteiger partial charge >= 0.3 is 0 Å². The molecule has 5 N–H and O–H groups in total. The smallest absolute Gasteiger partial charge is 0.266 e. The second kappa shape index (κ2) is 5.85. The third kappa shape index (κ3) is 3.05. The Labute approximate surface area is 144 Å². The van der Waals surface area contributed by atoms with Crippen molar-refractivity contribution in [1.29, 1.82) is 0 Å². The van der Waals surface area contributed by atoms with E-state index in [1.54, 1.807) is 18.5 Å². The summed E-state index contributed by atoms with van der Waals surface area (Å²) < 4.78 is 5.71. The van der Waals surface area contributed by atoms with Gasteiger partial charge in [0, 0.05) is 24.8 Å². The van der Waals surface area contributed by atoms with Gasteiger partial charge in [-0.15, -0.1) is 5.10 Å². The molecule has 3 aromatic heterocycles. The van der Waals surface area contributed by atoms with Crippen LogP contribution in [0.5, 0.6) is 11.6 Å². The van der Waals surface area contributed by atoms with Gasteiger partial charge in [-0.2, -0.15) is 0 Å². The van der Waals surface area contributed by atoms with Gasteiger partial charge < -0.3 is 21.1 Å². The standard InChI is InChI=1S/C16H20N8O/c1-16(18)3-6-24(7-4-16)12-9-20-13-14(21-12)22-23-15(13)25-11-8-19-5-2-10(11)17/h2,5,8-9H,3-4,6-7,18H2,1H3,(H2,17,19)(H,21,22,23). The number of pyridine rings is 1. The van der Waals surface area contributed by atoms with Crippen LogP contribution in [0, 0.1) is 0 Å². The number of aromatic nitrogens is 5. The van der Waals surface area contributed by atoms with E-state index < -0.39 is 0 Å². The van der Waals surface area contributed by atoms with Gasteiger partial charge in [-0.25, -0.2) is 9.97 Å². The first-order valence-electron chi connectivity index (χ1n) is 8.14. The van der Waals surface area contributed by atoms with E-state index in [1.807, 2.05) is 0 Å². The SMILES string of the molecule is CC1(N)CCN(c2cnc3c(Oc4cnccc4N)n[nH]c3n2)CC1. The Kier molecular flexibility index (Phi) is 3.65. The molecule has 0 bridgehead atoms. The first-order chi connectivity index (χ1) is 12.0. The molecule has 4 rings (SSSR count). The molecule has 9 nitrogen and oxygen atoms in total. The number of nitrogens with zero attached hydrogens (tertiary/aromatic N) is 5. The quantitative estimate of drug-likeness (QED) is 0.652. The zero-order valence-electron chi connectivity index (χ0n) is 13.9. The highest BCUT2D eigenvalue weighted by Gasteiger charge is 2.27. The highest BCUT2D eigenvalue weighted by atomic mass is 16.5. The van der Waals surface area contributed by atoms with Crippen molar-refractivity contribution in [2.45, 2.75) is 25.3 Å². The van der Waals surface area contributed by atoms with Crippen LogP contribution < -0.4 is 21.1 Å². The van der Waals surface area contributed by atoms with Crippen molar-refractivity contribution in [1.82, 2.24) is 25.1 Å². The van der Waals surface area contributed by atoms with Crippen molar-refractivity contribution in [2.24, 2.45) is 5.73 Å². The molecule has 1 saturated heterocycles. The van der Waals surface area contributed by atoms with Crippen molar-refractivity contribution in [3.8, 4) is 11.6 Å². The van der Waals surface area contributed by atoms with E-state index in [4.69, 9.17) is 16.2 Å². The molecule has 130 valence electrons. The number of nitrogens with two attached hydrogens (primary N) is 2. The molecule has 0 aliphatic carbocycles. The summed E-state index contributed by atoms with van der Waals surface area (Å²) >= 11 is 0. The first-order valence-corrected chi connectivity index (χ1v) is 8.14. The minimum atomic E-state index is -0.104. The average Bonchev–Trinajstić information content (AvgIpc) is 2.99. The molecule has 0 radical (unpaired) electrons. The van der Waals surface area contributed by atoms with Crippen molar-refractivity contribution >= 4 is 22.7 Å². The fourth-order valence-electron chi connectivity index (χ4n) is 2.82. The van der Waals surface area contributed by atoms with E-state index >= 15 is 0 Å². The van der Waals surface area contributed by atoms with Crippen LogP contribution in [0.3, 0.4) is 0 Å². The molecule has 0 spiro atoms. The zero-order chi connectivity index (χ0) is 17.4. The summed E-state index contributed by atoms with van der Waals surface area (Å²) in [4.78, 5) is 15.3. The zero-order valence-corrected chi connectivity index (χ0v) is 13.9. The Morgan fingerprint density at radius 3 is 2.84 bits per heavy atom. The molecule has 0 saturated carbocycles. The maximum absolute atomic E-state index is 6.19. The van der Waals surface area contributed by atoms with Gasteiger partial charge in [0.05, 0.1) is 18.1 Å². The van der Waals surface area contributed by atoms with Crippen LogP contribution in [-0.4, -0.2) is 43.8 Å². The van der Waals surface area contributed by atoms with Gasteiger partial charge in [0.15, 0.2) is 16.9 Å². The molecule has 0 atom stereocenters. The van der Waals surface area contributed by atoms with E-state index in [-0.39, 0.29) is 5.54 Å². The molecule has 3 aromatic rings. The predicted octanol–water partition coefficient (Wildman–Crippen LogP) is 1.44. The minimum absolute atomic E-state index is 0.104. The van der Waals surface area contributed by atoms with Crippen LogP contribution in [0.15, 0.2) is 24.7 Å². The molecular formula is C16H20N8O. The Balaban J connectivity index is 1.58. The Hall–Kier alpha value is -2.94. The van der Waals surface area contributed by atoms with Crippen LogP contribution in [-0.2, 0) is 0 Å². The summed E-state index contributed by atoms with van der Waals surface area (Å²) in [7, 11) is 0. The normalized spacial score (nSPS) is 17.0. The fraction of sp³-hybridized carbons (Fsp3) is 0.375. The lowest BCUT2D eigenvalue weighted by molar-refractivity contribution is 0.363. The van der Waals surface area contributed by atoms with Crippen molar-refractivity contribution in [3.63, 3.8) is 0 Å². The number of hydrogen-bond donors (Lipinski definition) is 3. The van der Waals surface area contributed by atoms with E-state index in [2.05, 4.69) is 37.0 Å². The molecule has 0 aromatic carbocycles. The van der Waals surface area contributed by atoms with E-state index in [1.165, 1.54) is 6.20 Å². The maximum atomic E-state index is 6.19. The van der Waals surface area contributed by atoms with Gasteiger partial charge in [-0.1, -0.05) is 0 Å². The van der Waals surface area contributed by atoms with Gasteiger partial charge in [-0.3, -0.25) is 10.1 Å². The molecule has 1 aliphatic rings. The number of rotatable bonds is 3. The van der Waals surface area contributed by atoms with Crippen LogP contribution >= 0.6 is 0 Å². The Bertz CT molecular complexity index is 896. The molecule has 1 fully saturated rings.